The van der Waals surface area contributed by atoms with E-state index in [0.29, 0.717) is 29.4 Å². The van der Waals surface area contributed by atoms with E-state index in [9.17, 15) is 22.8 Å². The highest BCUT2D eigenvalue weighted by atomic mass is 35.5. The zero-order chi connectivity index (χ0) is 48.6. The van der Waals surface area contributed by atoms with Crippen molar-refractivity contribution in [1.29, 1.82) is 0 Å². The number of anilines is 2. The number of thioether (sulfide) groups is 2. The van der Waals surface area contributed by atoms with Crippen molar-refractivity contribution in [1.82, 2.24) is 9.62 Å². The Labute approximate surface area is 420 Å². The molecule has 0 aliphatic carbocycles. The third kappa shape index (κ3) is 20.4. The van der Waals surface area contributed by atoms with E-state index in [-0.39, 0.29) is 34.2 Å². The third-order valence-electron chi connectivity index (χ3n) is 11.7. The molecular formula is C54H66ClF3N4O3S3. The van der Waals surface area contributed by atoms with Crippen LogP contribution in [-0.4, -0.2) is 67.9 Å². The van der Waals surface area contributed by atoms with Crippen LogP contribution in [0.3, 0.4) is 0 Å². The van der Waals surface area contributed by atoms with Crippen LogP contribution in [-0.2, 0) is 16.0 Å². The Morgan fingerprint density at radius 1 is 0.794 bits per heavy atom. The van der Waals surface area contributed by atoms with E-state index in [1.165, 1.54) is 91.1 Å². The van der Waals surface area contributed by atoms with Gasteiger partial charge in [-0.05, 0) is 191 Å². The molecule has 1 aliphatic rings. The minimum atomic E-state index is -4.44. The summed E-state index contributed by atoms with van der Waals surface area (Å²) in [5.41, 5.74) is 6.57. The number of rotatable bonds is 24. The molecule has 68 heavy (non-hydrogen) atoms. The van der Waals surface area contributed by atoms with Crippen molar-refractivity contribution in [2.75, 3.05) is 56.2 Å². The maximum absolute atomic E-state index is 12.8. The van der Waals surface area contributed by atoms with Gasteiger partial charge in [-0.2, -0.15) is 13.2 Å². The topological polar surface area (TPSA) is 87.9 Å². The fourth-order valence-electron chi connectivity index (χ4n) is 7.99. The van der Waals surface area contributed by atoms with Crippen molar-refractivity contribution in [3.8, 4) is 11.1 Å². The number of hydrogen-bond donors (Lipinski definition) is 2. The number of piperidine rings is 1. The number of halogens is 4. The van der Waals surface area contributed by atoms with Gasteiger partial charge in [0.05, 0.1) is 6.61 Å². The first-order valence-corrected chi connectivity index (χ1v) is 26.7. The van der Waals surface area contributed by atoms with Crippen LogP contribution in [0.25, 0.3) is 11.1 Å². The highest BCUT2D eigenvalue weighted by molar-refractivity contribution is 8.00. The predicted octanol–water partition coefficient (Wildman–Crippen LogP) is 14.9. The fraction of sp³-hybridized carbons (Fsp3) is 0.407. The van der Waals surface area contributed by atoms with Crippen LogP contribution >= 0.6 is 47.1 Å². The molecule has 1 amide bonds. The van der Waals surface area contributed by atoms with Crippen LogP contribution in [0.2, 0.25) is 5.02 Å². The van der Waals surface area contributed by atoms with Crippen molar-refractivity contribution < 1.29 is 27.5 Å². The lowest BCUT2D eigenvalue weighted by Gasteiger charge is -2.34. The van der Waals surface area contributed by atoms with E-state index in [0.717, 1.165) is 67.9 Å². The monoisotopic (exact) mass is 1010 g/mol. The number of esters is 1. The molecule has 6 rings (SSSR count). The lowest BCUT2D eigenvalue weighted by Crippen LogP contribution is -2.34. The van der Waals surface area contributed by atoms with Crippen LogP contribution in [0, 0.1) is 5.92 Å². The molecule has 0 spiro atoms. The van der Waals surface area contributed by atoms with Gasteiger partial charge in [0.2, 0.25) is 0 Å². The Bertz CT molecular complexity index is 2250. The molecule has 1 heterocycles. The summed E-state index contributed by atoms with van der Waals surface area (Å²) in [5, 5.41) is 0.731. The highest BCUT2D eigenvalue weighted by Crippen LogP contribution is 2.41. The van der Waals surface area contributed by atoms with Gasteiger partial charge < -0.3 is 20.3 Å². The molecule has 5 aromatic carbocycles. The Kier molecular flexibility index (Phi) is 23.9. The van der Waals surface area contributed by atoms with E-state index in [1.54, 1.807) is 18.2 Å². The van der Waals surface area contributed by atoms with E-state index >= 15 is 0 Å². The first-order valence-electron chi connectivity index (χ1n) is 23.7. The Morgan fingerprint density at radius 2 is 1.44 bits per heavy atom. The quantitative estimate of drug-likeness (QED) is 0.0206. The zero-order valence-electron chi connectivity index (χ0n) is 39.3. The van der Waals surface area contributed by atoms with Crippen LogP contribution in [0.1, 0.15) is 93.5 Å². The molecule has 0 unspecified atom stereocenters. The number of carbonyl (C=O) groups is 2. The third-order valence-corrected chi connectivity index (χ3v) is 14.6. The Morgan fingerprint density at radius 3 is 2.13 bits per heavy atom. The maximum atomic E-state index is 12.8. The van der Waals surface area contributed by atoms with Crippen molar-refractivity contribution in [3.63, 3.8) is 0 Å². The number of unbranched alkanes of at least 4 members (excludes halogenated alkanes) is 6. The number of nitrogens with zero attached hydrogens (tertiary/aromatic N) is 2. The first kappa shape index (κ1) is 54.7. The molecule has 1 aliphatic heterocycles. The van der Waals surface area contributed by atoms with Crippen molar-refractivity contribution >= 4 is 70.3 Å². The second kappa shape index (κ2) is 29.7. The van der Waals surface area contributed by atoms with Crippen LogP contribution in [0.15, 0.2) is 136 Å². The van der Waals surface area contributed by atoms with E-state index < -0.39 is 5.51 Å². The molecular weight excluding hydrogens is 941 g/mol. The molecule has 0 radical (unpaired) electrons. The van der Waals surface area contributed by atoms with Crippen LogP contribution < -0.4 is 15.4 Å². The molecule has 14 heteroatoms. The van der Waals surface area contributed by atoms with Crippen molar-refractivity contribution in [3.05, 3.63) is 137 Å². The minimum absolute atomic E-state index is 0.0374. The number of ether oxygens (including phenoxy) is 1. The molecule has 5 aromatic rings. The smallest absolute Gasteiger partial charge is 0.446 e. The number of nitrogen functional groups attached to an aromatic ring is 1. The SMILES string of the molecule is CCOC(=O)CCCCCCCCN(C)CCCCSc1ccccc1.Nc1ccc(SNC(=O)c2ccc(N3CCC(Cc4ccccc4-c4ccc(Cl)cc4)CC3)cc2)cc1SC(F)(F)F. The first-order chi connectivity index (χ1) is 32.9. The molecule has 7 nitrogen and oxygen atoms in total. The lowest BCUT2D eigenvalue weighted by atomic mass is 9.87. The number of nitrogens with two attached hydrogens (primary N) is 1. The summed E-state index contributed by atoms with van der Waals surface area (Å²) in [6, 6.07) is 38.9. The Hall–Kier alpha value is -4.27. The van der Waals surface area contributed by atoms with Crippen LogP contribution in [0.5, 0.6) is 0 Å². The van der Waals surface area contributed by atoms with Crippen molar-refractivity contribution in [2.45, 2.75) is 104 Å². The standard InChI is InChI=1S/C32H29ClF3N3OS2.C22H37NO2S/c33-25-9-5-22(6-10-25)28-4-2-1-3-24(28)19-21-15-17-39(18-16-21)26-11-7-23(8-12-26)31(40)38-42-27-13-14-29(37)30(20-27)41-32(34,35)36;1-3-25-22(24)17-11-6-4-5-7-12-18-23(2)19-13-14-20-26-21-15-9-8-10-16-21/h1-14,20-21H,15-19,37H2,(H,38,40);8-10,15-16H,3-7,11-14,17-20H2,1-2H3. The van der Waals surface area contributed by atoms with Gasteiger partial charge in [0.1, 0.15) is 0 Å². The number of carbonyl (C=O) groups excluding carboxylic acids is 2. The van der Waals surface area contributed by atoms with E-state index in [2.05, 4.69) is 88.3 Å². The molecule has 366 valence electrons. The number of amides is 1. The highest BCUT2D eigenvalue weighted by Gasteiger charge is 2.30. The average molecular weight is 1010 g/mol. The number of nitrogens with one attached hydrogen (secondary N) is 1. The van der Waals surface area contributed by atoms with Gasteiger partial charge in [0.25, 0.3) is 5.91 Å². The van der Waals surface area contributed by atoms with Gasteiger partial charge in [-0.1, -0.05) is 91.9 Å². The molecule has 1 fully saturated rings. The van der Waals surface area contributed by atoms with Gasteiger partial charge in [0, 0.05) is 56.2 Å². The lowest BCUT2D eigenvalue weighted by molar-refractivity contribution is -0.143. The summed E-state index contributed by atoms with van der Waals surface area (Å²) in [6.45, 7) is 6.63. The van der Waals surface area contributed by atoms with Gasteiger partial charge in [0.15, 0.2) is 0 Å². The van der Waals surface area contributed by atoms with Gasteiger partial charge >= 0.3 is 11.5 Å². The summed E-state index contributed by atoms with van der Waals surface area (Å²) in [5.74, 6) is 1.42. The van der Waals surface area contributed by atoms with Crippen molar-refractivity contribution in [2.24, 2.45) is 5.92 Å². The van der Waals surface area contributed by atoms with Gasteiger partial charge in [-0.25, -0.2) is 0 Å². The average Bonchev–Trinajstić information content (AvgIpc) is 3.33. The zero-order valence-corrected chi connectivity index (χ0v) is 42.5. The van der Waals surface area contributed by atoms with Crippen LogP contribution in [0.4, 0.5) is 24.5 Å². The largest absolute Gasteiger partial charge is 0.466 e. The molecule has 0 aromatic heterocycles. The normalized spacial score (nSPS) is 13.0. The second-order valence-electron chi connectivity index (χ2n) is 17.0. The fourth-order valence-corrected chi connectivity index (χ4v) is 10.4. The Balaban J connectivity index is 0.000000287. The molecule has 0 atom stereocenters. The molecule has 3 N–H and O–H groups in total. The molecule has 0 saturated carbocycles. The summed E-state index contributed by atoms with van der Waals surface area (Å²) in [7, 11) is 2.24. The molecule has 1 saturated heterocycles. The predicted molar refractivity (Wildman–Crippen MR) is 281 cm³/mol. The minimum Gasteiger partial charge on any atom is -0.466 e. The second-order valence-corrected chi connectivity index (χ2v) is 20.6. The van der Waals surface area contributed by atoms with E-state index in [1.807, 2.05) is 43.0 Å². The summed E-state index contributed by atoms with van der Waals surface area (Å²) < 4.78 is 45.9. The number of alkyl halides is 3. The summed E-state index contributed by atoms with van der Waals surface area (Å²) in [4.78, 5) is 30.5. The van der Waals surface area contributed by atoms with E-state index in [4.69, 9.17) is 22.1 Å². The molecule has 0 bridgehead atoms. The summed E-state index contributed by atoms with van der Waals surface area (Å²) in [6.07, 6.45) is 13.5. The summed E-state index contributed by atoms with van der Waals surface area (Å²) >= 11 is 8.73. The van der Waals surface area contributed by atoms with Gasteiger partial charge in [-0.3, -0.25) is 14.3 Å². The van der Waals surface area contributed by atoms with Gasteiger partial charge in [-0.15, -0.1) is 11.8 Å². The number of hydrogen-bond acceptors (Lipinski definition) is 9. The maximum Gasteiger partial charge on any atom is 0.446 e. The number of benzene rings is 5.